The van der Waals surface area contributed by atoms with E-state index in [1.54, 1.807) is 13.0 Å². The standard InChI is InChI=1S/C23H34N3O7PS/c1-6-22(7-2,33-34(29,30)23(8-3)11-31-23)10-16-17(27)18(28)19(32-16)14-9-15-20(26-21(14)35)25-13(5)12(4)24-15/h9,16-19,27-28H,6-8,10-11H2,1-5H3,(H,29,30)(H,25,26,35). The quantitative estimate of drug-likeness (QED) is 0.216. The van der Waals surface area contributed by atoms with Gasteiger partial charge < -0.3 is 29.6 Å². The average Bonchev–Trinajstić information content (AvgIpc) is 3.58. The largest absolute Gasteiger partial charge is 0.388 e. The van der Waals surface area contributed by atoms with Crippen LogP contribution in [-0.2, 0) is 18.6 Å². The Balaban J connectivity index is 1.61. The van der Waals surface area contributed by atoms with Crippen LogP contribution in [0.2, 0.25) is 0 Å². The number of rotatable bonds is 9. The zero-order chi connectivity index (χ0) is 25.8. The molecule has 2 aromatic heterocycles. The maximum atomic E-state index is 13.1. The van der Waals surface area contributed by atoms with Gasteiger partial charge in [0.15, 0.2) is 11.0 Å². The van der Waals surface area contributed by atoms with Crippen molar-refractivity contribution in [3.63, 3.8) is 0 Å². The molecule has 194 valence electrons. The van der Waals surface area contributed by atoms with Gasteiger partial charge in [-0.25, -0.2) is 9.97 Å². The van der Waals surface area contributed by atoms with Crippen molar-refractivity contribution in [1.29, 1.82) is 0 Å². The normalized spacial score (nSPS) is 30.5. The first-order chi connectivity index (χ1) is 16.4. The van der Waals surface area contributed by atoms with Crippen LogP contribution in [0.15, 0.2) is 6.07 Å². The Hall–Kier alpha value is -1.30. The molecule has 2 aliphatic heterocycles. The third kappa shape index (κ3) is 4.73. The number of hydrogen-bond acceptors (Lipinski definition) is 9. The Morgan fingerprint density at radius 3 is 2.43 bits per heavy atom. The Morgan fingerprint density at radius 1 is 1.23 bits per heavy atom. The third-order valence-corrected chi connectivity index (χ3v) is 10.1. The maximum Gasteiger partial charge on any atom is 0.362 e. The number of ether oxygens (including phenoxy) is 2. The number of aliphatic hydroxyl groups is 2. The van der Waals surface area contributed by atoms with Crippen molar-refractivity contribution in [1.82, 2.24) is 15.0 Å². The summed E-state index contributed by atoms with van der Waals surface area (Å²) in [6.07, 6.45) is -2.97. The Bertz CT molecular complexity index is 1210. The van der Waals surface area contributed by atoms with Crippen LogP contribution in [0.25, 0.3) is 11.2 Å². The smallest absolute Gasteiger partial charge is 0.362 e. The van der Waals surface area contributed by atoms with E-state index in [-0.39, 0.29) is 13.0 Å². The van der Waals surface area contributed by atoms with E-state index in [9.17, 15) is 19.7 Å². The van der Waals surface area contributed by atoms with E-state index < -0.39 is 43.0 Å². The summed E-state index contributed by atoms with van der Waals surface area (Å²) in [7, 11) is -4.11. The first kappa shape index (κ1) is 26.8. The van der Waals surface area contributed by atoms with Crippen LogP contribution in [0.1, 0.15) is 69.5 Å². The van der Waals surface area contributed by atoms with Crippen LogP contribution < -0.4 is 0 Å². The zero-order valence-electron chi connectivity index (χ0n) is 20.6. The molecule has 0 bridgehead atoms. The first-order valence-electron chi connectivity index (χ1n) is 12.0. The number of hydrogen-bond donors (Lipinski definition) is 4. The monoisotopic (exact) mass is 527 g/mol. The van der Waals surface area contributed by atoms with Gasteiger partial charge in [0.1, 0.15) is 28.5 Å². The van der Waals surface area contributed by atoms with Crippen molar-refractivity contribution in [2.75, 3.05) is 6.61 Å². The SMILES string of the molecule is CCC(CC)(CC1OC(c2cc3nc(C)c(C)nc3[nH]c2=S)C(O)C1O)OP(=O)(O)C1(CC)CO1. The number of H-pyrrole nitrogens is 1. The molecule has 4 N–H and O–H groups in total. The van der Waals surface area contributed by atoms with Crippen molar-refractivity contribution in [3.8, 4) is 0 Å². The molecule has 0 radical (unpaired) electrons. The molecule has 4 rings (SSSR count). The minimum Gasteiger partial charge on any atom is -0.388 e. The van der Waals surface area contributed by atoms with Crippen molar-refractivity contribution < 1.29 is 33.7 Å². The Kier molecular flexibility index (Phi) is 7.29. The molecule has 10 nitrogen and oxygen atoms in total. The summed E-state index contributed by atoms with van der Waals surface area (Å²) < 4.78 is 30.8. The molecular formula is C23H34N3O7PS. The van der Waals surface area contributed by atoms with Crippen molar-refractivity contribution in [2.45, 2.75) is 95.7 Å². The van der Waals surface area contributed by atoms with E-state index in [2.05, 4.69) is 15.0 Å². The number of aromatic nitrogens is 3. The lowest BCUT2D eigenvalue weighted by Crippen LogP contribution is -2.40. The molecule has 6 atom stereocenters. The number of nitrogens with one attached hydrogen (secondary N) is 1. The summed E-state index contributed by atoms with van der Waals surface area (Å²) in [6, 6.07) is 1.72. The number of epoxide rings is 1. The molecule has 4 heterocycles. The Labute approximate surface area is 209 Å². The number of aromatic amines is 1. The molecule has 0 aromatic carbocycles. The van der Waals surface area contributed by atoms with Crippen LogP contribution in [0.3, 0.4) is 0 Å². The lowest BCUT2D eigenvalue weighted by atomic mass is 9.88. The van der Waals surface area contributed by atoms with Gasteiger partial charge in [0, 0.05) is 12.0 Å². The van der Waals surface area contributed by atoms with E-state index in [1.807, 2.05) is 27.7 Å². The highest BCUT2D eigenvalue weighted by Gasteiger charge is 2.62. The fourth-order valence-corrected chi connectivity index (χ4v) is 6.75. The Morgan fingerprint density at radius 2 is 1.86 bits per heavy atom. The highest BCUT2D eigenvalue weighted by atomic mass is 32.1. The minimum atomic E-state index is -4.11. The molecule has 2 aromatic rings. The number of pyridine rings is 1. The van der Waals surface area contributed by atoms with Crippen LogP contribution >= 0.6 is 19.8 Å². The molecule has 0 saturated carbocycles. The van der Waals surface area contributed by atoms with Crippen LogP contribution in [0.4, 0.5) is 0 Å². The van der Waals surface area contributed by atoms with Crippen molar-refractivity contribution in [3.05, 3.63) is 27.7 Å². The highest BCUT2D eigenvalue weighted by molar-refractivity contribution is 7.71. The summed E-state index contributed by atoms with van der Waals surface area (Å²) in [6.45, 7) is 9.38. The molecule has 6 unspecified atom stereocenters. The van der Waals surface area contributed by atoms with Gasteiger partial charge in [-0.15, -0.1) is 0 Å². The third-order valence-electron chi connectivity index (χ3n) is 7.51. The first-order valence-corrected chi connectivity index (χ1v) is 14.0. The second kappa shape index (κ2) is 9.54. The van der Waals surface area contributed by atoms with Gasteiger partial charge in [-0.2, -0.15) is 0 Å². The second-order valence-electron chi connectivity index (χ2n) is 9.55. The predicted molar refractivity (Wildman–Crippen MR) is 132 cm³/mol. The van der Waals surface area contributed by atoms with Gasteiger partial charge in [0.25, 0.3) is 0 Å². The average molecular weight is 528 g/mol. The molecule has 0 aliphatic carbocycles. The molecule has 12 heteroatoms. The number of nitrogens with zero attached hydrogens (tertiary/aromatic N) is 2. The summed E-state index contributed by atoms with van der Waals surface area (Å²) in [4.78, 5) is 22.8. The molecule has 0 spiro atoms. The van der Waals surface area contributed by atoms with Crippen LogP contribution in [0.5, 0.6) is 0 Å². The van der Waals surface area contributed by atoms with Gasteiger partial charge in [-0.3, -0.25) is 9.09 Å². The molecule has 0 amide bonds. The summed E-state index contributed by atoms with van der Waals surface area (Å²) in [5.41, 5.74) is 2.09. The maximum absolute atomic E-state index is 13.1. The van der Waals surface area contributed by atoms with E-state index in [4.69, 9.17) is 26.2 Å². The topological polar surface area (TPSA) is 150 Å². The number of aliphatic hydroxyl groups excluding tert-OH is 2. The number of aryl methyl sites for hydroxylation is 2. The fourth-order valence-electron chi connectivity index (χ4n) is 4.66. The summed E-state index contributed by atoms with van der Waals surface area (Å²) in [5.74, 6) is 0. The number of fused-ring (bicyclic) bond motifs is 1. The molecule has 35 heavy (non-hydrogen) atoms. The van der Waals surface area contributed by atoms with Gasteiger partial charge in [0.2, 0.25) is 0 Å². The van der Waals surface area contributed by atoms with E-state index >= 15 is 0 Å². The molecule has 2 fully saturated rings. The molecule has 2 aliphatic rings. The van der Waals surface area contributed by atoms with Crippen molar-refractivity contribution in [2.24, 2.45) is 0 Å². The van der Waals surface area contributed by atoms with Crippen molar-refractivity contribution >= 4 is 31.0 Å². The lowest BCUT2D eigenvalue weighted by molar-refractivity contribution is -0.0569. The van der Waals surface area contributed by atoms with Gasteiger partial charge in [-0.1, -0.05) is 33.0 Å². The zero-order valence-corrected chi connectivity index (χ0v) is 22.4. The predicted octanol–water partition coefficient (Wildman–Crippen LogP) is 3.75. The lowest BCUT2D eigenvalue weighted by Gasteiger charge is -2.37. The van der Waals surface area contributed by atoms with E-state index in [1.165, 1.54) is 0 Å². The second-order valence-corrected chi connectivity index (χ2v) is 12.0. The van der Waals surface area contributed by atoms with Gasteiger partial charge in [-0.05, 0) is 39.2 Å². The van der Waals surface area contributed by atoms with Gasteiger partial charge >= 0.3 is 7.60 Å². The minimum absolute atomic E-state index is 0.112. The molecular weight excluding hydrogens is 493 g/mol. The summed E-state index contributed by atoms with van der Waals surface area (Å²) >= 11 is 5.51. The highest BCUT2D eigenvalue weighted by Crippen LogP contribution is 2.67. The fraction of sp³-hybridized carbons (Fsp3) is 0.696. The molecule has 2 saturated heterocycles. The van der Waals surface area contributed by atoms with E-state index in [0.717, 1.165) is 11.4 Å². The van der Waals surface area contributed by atoms with Crippen LogP contribution in [-0.4, -0.2) is 65.9 Å². The van der Waals surface area contributed by atoms with E-state index in [0.29, 0.717) is 40.6 Å². The van der Waals surface area contributed by atoms with Crippen LogP contribution in [0, 0.1) is 18.5 Å². The van der Waals surface area contributed by atoms with Gasteiger partial charge in [0.05, 0.1) is 29.7 Å². The summed E-state index contributed by atoms with van der Waals surface area (Å²) in [5, 5.41) is 20.6.